The van der Waals surface area contributed by atoms with Crippen molar-refractivity contribution in [3.63, 3.8) is 0 Å². The van der Waals surface area contributed by atoms with Crippen LogP contribution in [0.25, 0.3) is 0 Å². The minimum atomic E-state index is -2.89. The van der Waals surface area contributed by atoms with E-state index >= 15 is 0 Å². The number of benzene rings is 1. The molecule has 0 aromatic heterocycles. The van der Waals surface area contributed by atoms with Crippen molar-refractivity contribution in [2.75, 3.05) is 36.0 Å². The first-order valence-electron chi connectivity index (χ1n) is 6.89. The SMILES string of the molecule is CC(=O)N1CC(N2CCS(=O)(=O)CC2)c2ccc(Br)cc21. The lowest BCUT2D eigenvalue weighted by Crippen LogP contribution is -2.44. The van der Waals surface area contributed by atoms with E-state index in [1.54, 1.807) is 11.8 Å². The Morgan fingerprint density at radius 1 is 1.29 bits per heavy atom. The minimum absolute atomic E-state index is 0.0153. The van der Waals surface area contributed by atoms with Crippen molar-refractivity contribution in [3.05, 3.63) is 28.2 Å². The molecule has 0 spiro atoms. The van der Waals surface area contributed by atoms with Crippen LogP contribution in [0, 0.1) is 0 Å². The van der Waals surface area contributed by atoms with Crippen LogP contribution < -0.4 is 4.90 Å². The van der Waals surface area contributed by atoms with E-state index < -0.39 is 9.84 Å². The molecule has 1 fully saturated rings. The lowest BCUT2D eigenvalue weighted by atomic mass is 10.1. The average Bonchev–Trinajstić information content (AvgIpc) is 2.77. The molecule has 0 radical (unpaired) electrons. The monoisotopic (exact) mass is 372 g/mol. The van der Waals surface area contributed by atoms with Gasteiger partial charge >= 0.3 is 0 Å². The number of carbonyl (C=O) groups is 1. The summed E-state index contributed by atoms with van der Waals surface area (Å²) >= 11 is 3.44. The predicted octanol–water partition coefficient (Wildman–Crippen LogP) is 1.59. The molecule has 1 atom stereocenters. The Labute approximate surface area is 133 Å². The van der Waals surface area contributed by atoms with Crippen LogP contribution in [0.5, 0.6) is 0 Å². The highest BCUT2D eigenvalue weighted by molar-refractivity contribution is 9.10. The summed E-state index contributed by atoms with van der Waals surface area (Å²) in [4.78, 5) is 15.8. The first-order chi connectivity index (χ1) is 9.87. The van der Waals surface area contributed by atoms with Gasteiger partial charge < -0.3 is 4.90 Å². The summed E-state index contributed by atoms with van der Waals surface area (Å²) in [5.41, 5.74) is 2.03. The third-order valence-corrected chi connectivity index (χ3v) is 6.30. The van der Waals surface area contributed by atoms with Crippen LogP contribution in [0.2, 0.25) is 0 Å². The summed E-state index contributed by atoms with van der Waals surface area (Å²) in [7, 11) is -2.89. The van der Waals surface area contributed by atoms with Gasteiger partial charge in [0.15, 0.2) is 9.84 Å². The standard InChI is InChI=1S/C14H17BrN2O3S/c1-10(18)17-9-14(12-3-2-11(15)8-13(12)17)16-4-6-21(19,20)7-5-16/h2-3,8,14H,4-7,9H2,1H3. The van der Waals surface area contributed by atoms with E-state index in [1.807, 2.05) is 18.2 Å². The molecule has 2 aliphatic heterocycles. The molecule has 0 aliphatic carbocycles. The second-order valence-electron chi connectivity index (χ2n) is 5.54. The van der Waals surface area contributed by atoms with Crippen LogP contribution in [-0.4, -0.2) is 50.4 Å². The highest BCUT2D eigenvalue weighted by atomic mass is 79.9. The Bertz CT molecular complexity index is 675. The lowest BCUT2D eigenvalue weighted by Gasteiger charge is -2.32. The smallest absolute Gasteiger partial charge is 0.223 e. The molecule has 7 heteroatoms. The molecule has 5 nitrogen and oxygen atoms in total. The maximum Gasteiger partial charge on any atom is 0.223 e. The van der Waals surface area contributed by atoms with Gasteiger partial charge in [-0.05, 0) is 17.7 Å². The Hall–Kier alpha value is -0.920. The Morgan fingerprint density at radius 3 is 2.57 bits per heavy atom. The molecule has 0 N–H and O–H groups in total. The van der Waals surface area contributed by atoms with Gasteiger partial charge in [0, 0.05) is 36.7 Å². The second-order valence-corrected chi connectivity index (χ2v) is 8.76. The molecule has 1 aromatic rings. The van der Waals surface area contributed by atoms with E-state index in [-0.39, 0.29) is 23.5 Å². The number of anilines is 1. The molecule has 2 aliphatic rings. The van der Waals surface area contributed by atoms with Gasteiger partial charge in [-0.3, -0.25) is 9.69 Å². The first-order valence-corrected chi connectivity index (χ1v) is 9.51. The van der Waals surface area contributed by atoms with Gasteiger partial charge in [0.1, 0.15) is 0 Å². The van der Waals surface area contributed by atoms with E-state index in [9.17, 15) is 13.2 Å². The Morgan fingerprint density at radius 2 is 1.95 bits per heavy atom. The third-order valence-electron chi connectivity index (χ3n) is 4.20. The van der Waals surface area contributed by atoms with E-state index in [2.05, 4.69) is 20.8 Å². The summed E-state index contributed by atoms with van der Waals surface area (Å²) in [5.74, 6) is 0.423. The first kappa shape index (κ1) is 15.0. The number of fused-ring (bicyclic) bond motifs is 1. The molecule has 3 rings (SSSR count). The highest BCUT2D eigenvalue weighted by Gasteiger charge is 2.36. The minimum Gasteiger partial charge on any atom is -0.310 e. The molecular formula is C14H17BrN2O3S. The quantitative estimate of drug-likeness (QED) is 0.750. The van der Waals surface area contributed by atoms with Crippen molar-refractivity contribution in [2.24, 2.45) is 0 Å². The molecule has 0 saturated carbocycles. The van der Waals surface area contributed by atoms with Crippen LogP contribution in [0.15, 0.2) is 22.7 Å². The van der Waals surface area contributed by atoms with E-state index in [4.69, 9.17) is 0 Å². The number of nitrogens with zero attached hydrogens (tertiary/aromatic N) is 2. The molecule has 2 heterocycles. The largest absolute Gasteiger partial charge is 0.310 e. The van der Waals surface area contributed by atoms with Crippen LogP contribution in [0.3, 0.4) is 0 Å². The number of rotatable bonds is 1. The second kappa shape index (κ2) is 5.37. The zero-order valence-corrected chi connectivity index (χ0v) is 14.2. The summed E-state index contributed by atoms with van der Waals surface area (Å²) in [6.07, 6.45) is 0. The number of carbonyl (C=O) groups excluding carboxylic acids is 1. The van der Waals surface area contributed by atoms with Crippen molar-refractivity contribution in [2.45, 2.75) is 13.0 Å². The molecule has 1 aromatic carbocycles. The number of hydrogen-bond donors (Lipinski definition) is 0. The van der Waals surface area contributed by atoms with Crippen molar-refractivity contribution < 1.29 is 13.2 Å². The normalized spacial score (nSPS) is 24.9. The number of halogens is 1. The van der Waals surface area contributed by atoms with Gasteiger partial charge in [-0.1, -0.05) is 22.0 Å². The summed E-state index contributed by atoms with van der Waals surface area (Å²) in [5, 5.41) is 0. The van der Waals surface area contributed by atoms with Gasteiger partial charge in [-0.25, -0.2) is 8.42 Å². The molecule has 1 amide bonds. The van der Waals surface area contributed by atoms with Gasteiger partial charge in [0.05, 0.1) is 17.5 Å². The molecule has 0 bridgehead atoms. The fraction of sp³-hybridized carbons (Fsp3) is 0.500. The predicted molar refractivity (Wildman–Crippen MR) is 85.1 cm³/mol. The molecule has 21 heavy (non-hydrogen) atoms. The van der Waals surface area contributed by atoms with Crippen LogP contribution in [0.1, 0.15) is 18.5 Å². The van der Waals surface area contributed by atoms with Crippen molar-refractivity contribution in [3.8, 4) is 0 Å². The fourth-order valence-corrected chi connectivity index (χ4v) is 4.63. The summed E-state index contributed by atoms with van der Waals surface area (Å²) < 4.78 is 24.1. The van der Waals surface area contributed by atoms with Crippen molar-refractivity contribution in [1.29, 1.82) is 0 Å². The van der Waals surface area contributed by atoms with Gasteiger partial charge in [0.2, 0.25) is 5.91 Å². The molecular weight excluding hydrogens is 356 g/mol. The lowest BCUT2D eigenvalue weighted by molar-refractivity contribution is -0.116. The Balaban J connectivity index is 1.91. The fourth-order valence-electron chi connectivity index (χ4n) is 3.05. The molecule has 1 unspecified atom stereocenters. The van der Waals surface area contributed by atoms with Crippen molar-refractivity contribution >= 4 is 37.4 Å². The summed E-state index contributed by atoms with van der Waals surface area (Å²) in [6, 6.07) is 6.04. The van der Waals surface area contributed by atoms with E-state index in [1.165, 1.54) is 0 Å². The van der Waals surface area contributed by atoms with E-state index in [0.29, 0.717) is 19.6 Å². The topological polar surface area (TPSA) is 57.7 Å². The summed E-state index contributed by atoms with van der Waals surface area (Å²) in [6.45, 7) is 3.23. The Kier molecular flexibility index (Phi) is 3.83. The zero-order valence-electron chi connectivity index (χ0n) is 11.8. The van der Waals surface area contributed by atoms with Crippen LogP contribution >= 0.6 is 15.9 Å². The zero-order chi connectivity index (χ0) is 15.2. The molecule has 1 saturated heterocycles. The third kappa shape index (κ3) is 2.86. The van der Waals surface area contributed by atoms with Gasteiger partial charge in [-0.15, -0.1) is 0 Å². The number of amides is 1. The molecule has 114 valence electrons. The average molecular weight is 373 g/mol. The highest BCUT2D eigenvalue weighted by Crippen LogP contribution is 2.40. The van der Waals surface area contributed by atoms with Crippen molar-refractivity contribution in [1.82, 2.24) is 4.90 Å². The van der Waals surface area contributed by atoms with Gasteiger partial charge in [-0.2, -0.15) is 0 Å². The maximum atomic E-state index is 11.8. The van der Waals surface area contributed by atoms with E-state index in [0.717, 1.165) is 15.7 Å². The van der Waals surface area contributed by atoms with Crippen LogP contribution in [-0.2, 0) is 14.6 Å². The van der Waals surface area contributed by atoms with Crippen LogP contribution in [0.4, 0.5) is 5.69 Å². The number of hydrogen-bond acceptors (Lipinski definition) is 4. The van der Waals surface area contributed by atoms with Gasteiger partial charge in [0.25, 0.3) is 0 Å². The maximum absolute atomic E-state index is 11.8. The number of sulfone groups is 1.